The van der Waals surface area contributed by atoms with Gasteiger partial charge < -0.3 is 15.3 Å². The summed E-state index contributed by atoms with van der Waals surface area (Å²) in [6, 6.07) is 0. The SMILES string of the molecule is CC(=O)c1c(C)oc(N)c1C(=O)O. The molecule has 1 rings (SSSR count). The molecule has 0 fully saturated rings. The van der Waals surface area contributed by atoms with E-state index < -0.39 is 5.97 Å². The van der Waals surface area contributed by atoms with Crippen LogP contribution >= 0.6 is 0 Å². The largest absolute Gasteiger partial charge is 0.477 e. The third-order valence-electron chi connectivity index (χ3n) is 1.68. The monoisotopic (exact) mass is 183 g/mol. The van der Waals surface area contributed by atoms with Gasteiger partial charge in [-0.2, -0.15) is 0 Å². The Morgan fingerprint density at radius 1 is 1.38 bits per heavy atom. The summed E-state index contributed by atoms with van der Waals surface area (Å²) >= 11 is 0. The average molecular weight is 183 g/mol. The zero-order chi connectivity index (χ0) is 10.2. The zero-order valence-corrected chi connectivity index (χ0v) is 7.25. The smallest absolute Gasteiger partial charge is 0.342 e. The molecular formula is C8H9NO4. The Morgan fingerprint density at radius 3 is 2.23 bits per heavy atom. The number of Topliss-reactive ketones (excluding diaryl/α,β-unsaturated/α-hetero) is 1. The number of hydrogen-bond acceptors (Lipinski definition) is 4. The maximum Gasteiger partial charge on any atom is 0.342 e. The third-order valence-corrected chi connectivity index (χ3v) is 1.68. The quantitative estimate of drug-likeness (QED) is 0.669. The van der Waals surface area contributed by atoms with Gasteiger partial charge in [0.05, 0.1) is 5.56 Å². The lowest BCUT2D eigenvalue weighted by atomic mass is 10.1. The molecular weight excluding hydrogens is 174 g/mol. The third kappa shape index (κ3) is 1.40. The predicted molar refractivity (Wildman–Crippen MR) is 44.8 cm³/mol. The van der Waals surface area contributed by atoms with Crippen LogP contribution in [0.4, 0.5) is 5.88 Å². The Hall–Kier alpha value is -1.78. The molecule has 0 saturated heterocycles. The fourth-order valence-corrected chi connectivity index (χ4v) is 1.20. The maximum absolute atomic E-state index is 11.0. The van der Waals surface area contributed by atoms with Gasteiger partial charge in [-0.05, 0) is 13.8 Å². The maximum atomic E-state index is 11.0. The van der Waals surface area contributed by atoms with Gasteiger partial charge in [-0.15, -0.1) is 0 Å². The predicted octanol–water partition coefficient (Wildman–Crippen LogP) is 1.07. The number of rotatable bonds is 2. The van der Waals surface area contributed by atoms with Gasteiger partial charge in [-0.3, -0.25) is 4.79 Å². The Labute approximate surface area is 74.1 Å². The summed E-state index contributed by atoms with van der Waals surface area (Å²) in [6.07, 6.45) is 0. The van der Waals surface area contributed by atoms with Gasteiger partial charge in [-0.25, -0.2) is 4.79 Å². The van der Waals surface area contributed by atoms with E-state index in [0.29, 0.717) is 0 Å². The van der Waals surface area contributed by atoms with Crippen molar-refractivity contribution in [1.82, 2.24) is 0 Å². The van der Waals surface area contributed by atoms with Crippen LogP contribution in [0.5, 0.6) is 0 Å². The first kappa shape index (κ1) is 9.31. The van der Waals surface area contributed by atoms with Gasteiger partial charge in [-0.1, -0.05) is 0 Å². The first-order valence-corrected chi connectivity index (χ1v) is 3.58. The highest BCUT2D eigenvalue weighted by Crippen LogP contribution is 2.24. The molecule has 0 aliphatic rings. The fourth-order valence-electron chi connectivity index (χ4n) is 1.20. The Balaban J connectivity index is 3.47. The number of anilines is 1. The molecule has 1 aromatic rings. The summed E-state index contributed by atoms with van der Waals surface area (Å²) in [4.78, 5) is 21.7. The summed E-state index contributed by atoms with van der Waals surface area (Å²) in [5.41, 5.74) is 5.08. The normalized spacial score (nSPS) is 10.0. The molecule has 1 aromatic heterocycles. The van der Waals surface area contributed by atoms with Crippen molar-refractivity contribution in [3.05, 3.63) is 16.9 Å². The van der Waals surface area contributed by atoms with E-state index in [1.807, 2.05) is 0 Å². The van der Waals surface area contributed by atoms with Crippen LogP contribution in [-0.4, -0.2) is 16.9 Å². The lowest BCUT2D eigenvalue weighted by Gasteiger charge is -1.93. The molecule has 0 aliphatic carbocycles. The lowest BCUT2D eigenvalue weighted by Crippen LogP contribution is -2.06. The van der Waals surface area contributed by atoms with Crippen molar-refractivity contribution in [1.29, 1.82) is 0 Å². The molecule has 5 nitrogen and oxygen atoms in total. The second kappa shape index (κ2) is 2.93. The number of aromatic carboxylic acids is 1. The van der Waals surface area contributed by atoms with Crippen LogP contribution in [-0.2, 0) is 0 Å². The molecule has 0 atom stereocenters. The van der Waals surface area contributed by atoms with Crippen LogP contribution in [0.15, 0.2) is 4.42 Å². The van der Waals surface area contributed by atoms with Gasteiger partial charge in [0, 0.05) is 0 Å². The van der Waals surface area contributed by atoms with Gasteiger partial charge >= 0.3 is 5.97 Å². The Kier molecular flexibility index (Phi) is 2.10. The lowest BCUT2D eigenvalue weighted by molar-refractivity contribution is 0.0693. The Morgan fingerprint density at radius 2 is 1.92 bits per heavy atom. The van der Waals surface area contributed by atoms with E-state index in [2.05, 4.69) is 0 Å². The van der Waals surface area contributed by atoms with Crippen LogP contribution in [0.2, 0.25) is 0 Å². The summed E-state index contributed by atoms with van der Waals surface area (Å²) in [5, 5.41) is 8.72. The fraction of sp³-hybridized carbons (Fsp3) is 0.250. The van der Waals surface area contributed by atoms with E-state index in [-0.39, 0.29) is 28.6 Å². The highest BCUT2D eigenvalue weighted by Gasteiger charge is 2.24. The zero-order valence-electron chi connectivity index (χ0n) is 7.25. The molecule has 13 heavy (non-hydrogen) atoms. The molecule has 0 aromatic carbocycles. The van der Waals surface area contributed by atoms with Gasteiger partial charge in [0.25, 0.3) is 0 Å². The number of furan rings is 1. The minimum absolute atomic E-state index is 0.0463. The highest BCUT2D eigenvalue weighted by atomic mass is 16.4. The molecule has 0 radical (unpaired) electrons. The summed E-state index contributed by atoms with van der Waals surface area (Å²) in [6.45, 7) is 2.77. The van der Waals surface area contributed by atoms with E-state index in [1.54, 1.807) is 0 Å². The molecule has 0 bridgehead atoms. The van der Waals surface area contributed by atoms with E-state index in [9.17, 15) is 9.59 Å². The number of ketones is 1. The minimum Gasteiger partial charge on any atom is -0.477 e. The molecule has 1 heterocycles. The molecule has 3 N–H and O–H groups in total. The van der Waals surface area contributed by atoms with E-state index in [0.717, 1.165) is 0 Å². The second-order valence-corrected chi connectivity index (χ2v) is 2.63. The number of nitrogens with two attached hydrogens (primary N) is 1. The molecule has 0 saturated carbocycles. The topological polar surface area (TPSA) is 93.5 Å². The first-order chi connectivity index (χ1) is 5.95. The van der Waals surface area contributed by atoms with Crippen molar-refractivity contribution in [2.24, 2.45) is 0 Å². The molecule has 70 valence electrons. The van der Waals surface area contributed by atoms with Crippen LogP contribution in [0.25, 0.3) is 0 Å². The summed E-state index contributed by atoms with van der Waals surface area (Å²) < 4.78 is 4.84. The molecule has 0 amide bonds. The Bertz CT molecular complexity index is 343. The van der Waals surface area contributed by atoms with Gasteiger partial charge in [0.15, 0.2) is 5.78 Å². The van der Waals surface area contributed by atoms with Crippen molar-refractivity contribution in [2.75, 3.05) is 5.73 Å². The van der Waals surface area contributed by atoms with Crippen LogP contribution in [0.1, 0.15) is 33.4 Å². The summed E-state index contributed by atoms with van der Waals surface area (Å²) in [5.74, 6) is -1.60. The number of carbonyl (C=O) groups is 2. The molecule has 0 spiro atoms. The number of carbonyl (C=O) groups excluding carboxylic acids is 1. The van der Waals surface area contributed by atoms with Crippen LogP contribution in [0.3, 0.4) is 0 Å². The standard InChI is InChI=1S/C8H9NO4/c1-3(10)5-4(2)13-7(9)6(5)8(11)12/h9H2,1-2H3,(H,11,12). The highest BCUT2D eigenvalue weighted by molar-refractivity contribution is 6.08. The van der Waals surface area contributed by atoms with Crippen molar-refractivity contribution < 1.29 is 19.1 Å². The van der Waals surface area contributed by atoms with Crippen molar-refractivity contribution >= 4 is 17.6 Å². The number of aryl methyl sites for hydroxylation is 1. The average Bonchev–Trinajstić information content (AvgIpc) is 2.24. The van der Waals surface area contributed by atoms with Crippen molar-refractivity contribution in [3.63, 3.8) is 0 Å². The molecule has 0 aliphatic heterocycles. The first-order valence-electron chi connectivity index (χ1n) is 3.58. The molecule has 0 unspecified atom stereocenters. The molecule has 5 heteroatoms. The number of carboxylic acid groups (broad SMARTS) is 1. The number of nitrogen functional groups attached to an aromatic ring is 1. The van der Waals surface area contributed by atoms with Gasteiger partial charge in [0.2, 0.25) is 5.88 Å². The van der Waals surface area contributed by atoms with Crippen LogP contribution in [0, 0.1) is 6.92 Å². The second-order valence-electron chi connectivity index (χ2n) is 2.63. The number of carboxylic acids is 1. The minimum atomic E-state index is -1.25. The summed E-state index contributed by atoms with van der Waals surface area (Å²) in [7, 11) is 0. The van der Waals surface area contributed by atoms with Crippen molar-refractivity contribution in [3.8, 4) is 0 Å². The van der Waals surface area contributed by atoms with E-state index in [4.69, 9.17) is 15.3 Å². The van der Waals surface area contributed by atoms with E-state index in [1.165, 1.54) is 13.8 Å². The van der Waals surface area contributed by atoms with Crippen molar-refractivity contribution in [2.45, 2.75) is 13.8 Å². The van der Waals surface area contributed by atoms with Crippen LogP contribution < -0.4 is 5.73 Å². The van der Waals surface area contributed by atoms with E-state index >= 15 is 0 Å². The number of hydrogen-bond donors (Lipinski definition) is 2. The van der Waals surface area contributed by atoms with Gasteiger partial charge in [0.1, 0.15) is 11.3 Å².